The van der Waals surface area contributed by atoms with Gasteiger partial charge in [-0.3, -0.25) is 9.59 Å². The van der Waals surface area contributed by atoms with E-state index in [-0.39, 0.29) is 24.7 Å². The number of aromatic nitrogens is 1. The molecule has 1 amide bonds. The van der Waals surface area contributed by atoms with E-state index in [0.29, 0.717) is 11.6 Å². The first-order valence-corrected chi connectivity index (χ1v) is 6.91. The average Bonchev–Trinajstić information content (AvgIpc) is 2.99. The van der Waals surface area contributed by atoms with Crippen LogP contribution >= 0.6 is 11.3 Å². The van der Waals surface area contributed by atoms with Crippen LogP contribution in [0.2, 0.25) is 0 Å². The highest BCUT2D eigenvalue weighted by atomic mass is 32.1. The lowest BCUT2D eigenvalue weighted by Crippen LogP contribution is -2.17. The summed E-state index contributed by atoms with van der Waals surface area (Å²) in [4.78, 5) is 23.7. The maximum Gasteiger partial charge on any atom is 0.304 e. The molecule has 20 heavy (non-hydrogen) atoms. The average molecular weight is 294 g/mol. The van der Waals surface area contributed by atoms with E-state index in [9.17, 15) is 9.59 Å². The number of anilines is 1. The summed E-state index contributed by atoms with van der Waals surface area (Å²) in [5, 5.41) is 17.1. The molecule has 0 spiro atoms. The lowest BCUT2D eigenvalue weighted by atomic mass is 9.99. The molecule has 2 N–H and O–H groups in total. The van der Waals surface area contributed by atoms with Crippen LogP contribution in [0.4, 0.5) is 5.82 Å². The van der Waals surface area contributed by atoms with Crippen molar-refractivity contribution < 1.29 is 19.2 Å². The topological polar surface area (TPSA) is 92.4 Å². The monoisotopic (exact) mass is 294 g/mol. The van der Waals surface area contributed by atoms with Crippen LogP contribution in [0.15, 0.2) is 28.1 Å². The Morgan fingerprint density at radius 2 is 2.30 bits per heavy atom. The standard InChI is InChI=1S/C13H14N2O4S/c1-8-5-11(15-19-8)14-12(16)6-9(7-13(17)18)10-3-2-4-20-10/h2-5,9H,6-7H2,1H3,(H,17,18)(H,14,15,16)/t9-/m1/s1. The number of rotatable bonds is 6. The summed E-state index contributed by atoms with van der Waals surface area (Å²) in [5.74, 6) is -0.597. The Morgan fingerprint density at radius 1 is 1.50 bits per heavy atom. The van der Waals surface area contributed by atoms with Crippen molar-refractivity contribution in [1.29, 1.82) is 0 Å². The quantitative estimate of drug-likeness (QED) is 0.854. The Kier molecular flexibility index (Phi) is 4.52. The van der Waals surface area contributed by atoms with E-state index >= 15 is 0 Å². The summed E-state index contributed by atoms with van der Waals surface area (Å²) in [6.45, 7) is 1.72. The van der Waals surface area contributed by atoms with Crippen molar-refractivity contribution in [2.75, 3.05) is 5.32 Å². The van der Waals surface area contributed by atoms with Crippen molar-refractivity contribution in [3.05, 3.63) is 34.2 Å². The Morgan fingerprint density at radius 3 is 2.85 bits per heavy atom. The molecule has 0 unspecified atom stereocenters. The molecule has 0 aliphatic heterocycles. The number of hydrogen-bond acceptors (Lipinski definition) is 5. The van der Waals surface area contributed by atoms with E-state index in [1.807, 2.05) is 17.5 Å². The molecule has 0 saturated heterocycles. The lowest BCUT2D eigenvalue weighted by Gasteiger charge is -2.12. The third-order valence-electron chi connectivity index (χ3n) is 2.69. The molecular formula is C13H14N2O4S. The van der Waals surface area contributed by atoms with Gasteiger partial charge in [-0.2, -0.15) is 0 Å². The highest BCUT2D eigenvalue weighted by Gasteiger charge is 2.20. The van der Waals surface area contributed by atoms with Crippen molar-refractivity contribution in [3.63, 3.8) is 0 Å². The zero-order chi connectivity index (χ0) is 14.5. The second-order valence-electron chi connectivity index (χ2n) is 4.39. The molecular weight excluding hydrogens is 280 g/mol. The number of amides is 1. The van der Waals surface area contributed by atoms with Crippen LogP contribution < -0.4 is 5.32 Å². The number of carbonyl (C=O) groups excluding carboxylic acids is 1. The first-order valence-electron chi connectivity index (χ1n) is 6.03. The van der Waals surface area contributed by atoms with Gasteiger partial charge in [0.1, 0.15) is 5.76 Å². The van der Waals surface area contributed by atoms with Crippen LogP contribution in [0.5, 0.6) is 0 Å². The highest BCUT2D eigenvalue weighted by molar-refractivity contribution is 7.10. The molecule has 2 heterocycles. The maximum absolute atomic E-state index is 11.9. The fourth-order valence-corrected chi connectivity index (χ4v) is 2.68. The van der Waals surface area contributed by atoms with Gasteiger partial charge in [0.25, 0.3) is 0 Å². The molecule has 0 aromatic carbocycles. The number of carboxylic acids is 1. The smallest absolute Gasteiger partial charge is 0.304 e. The fraction of sp³-hybridized carbons (Fsp3) is 0.308. The van der Waals surface area contributed by atoms with Gasteiger partial charge in [0.15, 0.2) is 5.82 Å². The van der Waals surface area contributed by atoms with Gasteiger partial charge in [0.05, 0.1) is 6.42 Å². The van der Waals surface area contributed by atoms with E-state index in [1.54, 1.807) is 13.0 Å². The van der Waals surface area contributed by atoms with E-state index in [2.05, 4.69) is 10.5 Å². The maximum atomic E-state index is 11.9. The van der Waals surface area contributed by atoms with Gasteiger partial charge in [0.2, 0.25) is 5.91 Å². The first-order chi connectivity index (χ1) is 9.54. The molecule has 2 aromatic rings. The van der Waals surface area contributed by atoms with Gasteiger partial charge in [-0.25, -0.2) is 0 Å². The van der Waals surface area contributed by atoms with Gasteiger partial charge in [-0.1, -0.05) is 11.2 Å². The third kappa shape index (κ3) is 3.92. The number of aliphatic carboxylic acids is 1. The van der Waals surface area contributed by atoms with E-state index in [0.717, 1.165) is 4.88 Å². The summed E-state index contributed by atoms with van der Waals surface area (Å²) in [5.41, 5.74) is 0. The minimum absolute atomic E-state index is 0.0776. The molecule has 7 heteroatoms. The van der Waals surface area contributed by atoms with Crippen molar-refractivity contribution in [2.45, 2.75) is 25.7 Å². The second-order valence-corrected chi connectivity index (χ2v) is 5.36. The number of aryl methyl sites for hydroxylation is 1. The number of carboxylic acid groups (broad SMARTS) is 1. The molecule has 2 rings (SSSR count). The number of carbonyl (C=O) groups is 2. The van der Waals surface area contributed by atoms with E-state index in [1.165, 1.54) is 11.3 Å². The van der Waals surface area contributed by atoms with Crippen LogP contribution in [0.25, 0.3) is 0 Å². The first kappa shape index (κ1) is 14.3. The summed E-state index contributed by atoms with van der Waals surface area (Å²) < 4.78 is 4.85. The summed E-state index contributed by atoms with van der Waals surface area (Å²) in [6, 6.07) is 5.29. The van der Waals surface area contributed by atoms with Crippen LogP contribution in [-0.4, -0.2) is 22.1 Å². The van der Waals surface area contributed by atoms with Crippen LogP contribution in [0.3, 0.4) is 0 Å². The second kappa shape index (κ2) is 6.33. The summed E-state index contributed by atoms with van der Waals surface area (Å²) >= 11 is 1.45. The lowest BCUT2D eigenvalue weighted by molar-refractivity contribution is -0.137. The van der Waals surface area contributed by atoms with Crippen LogP contribution in [0, 0.1) is 6.92 Å². The summed E-state index contributed by atoms with van der Waals surface area (Å²) in [7, 11) is 0. The van der Waals surface area contributed by atoms with Gasteiger partial charge in [0, 0.05) is 23.3 Å². The molecule has 0 fully saturated rings. The van der Waals surface area contributed by atoms with Gasteiger partial charge >= 0.3 is 5.97 Å². The molecule has 1 atom stereocenters. The minimum Gasteiger partial charge on any atom is -0.481 e. The Labute approximate surface area is 119 Å². The van der Waals surface area contributed by atoms with E-state index < -0.39 is 5.97 Å². The Balaban J connectivity index is 2.00. The molecule has 2 aromatic heterocycles. The van der Waals surface area contributed by atoms with Crippen LogP contribution in [0.1, 0.15) is 29.4 Å². The third-order valence-corrected chi connectivity index (χ3v) is 3.73. The predicted molar refractivity (Wildman–Crippen MR) is 73.8 cm³/mol. The SMILES string of the molecule is Cc1cc(NC(=O)C[C@H](CC(=O)O)c2cccs2)no1. The molecule has 6 nitrogen and oxygen atoms in total. The van der Waals surface area contributed by atoms with Crippen molar-refractivity contribution in [2.24, 2.45) is 0 Å². The molecule has 106 valence electrons. The minimum atomic E-state index is -0.923. The summed E-state index contributed by atoms with van der Waals surface area (Å²) in [6.07, 6.45) is 0.0184. The van der Waals surface area contributed by atoms with Gasteiger partial charge < -0.3 is 14.9 Å². The zero-order valence-electron chi connectivity index (χ0n) is 10.8. The largest absolute Gasteiger partial charge is 0.481 e. The number of nitrogens with zero attached hydrogens (tertiary/aromatic N) is 1. The van der Waals surface area contributed by atoms with Gasteiger partial charge in [-0.05, 0) is 18.4 Å². The zero-order valence-corrected chi connectivity index (χ0v) is 11.6. The number of hydrogen-bond donors (Lipinski definition) is 2. The Hall–Kier alpha value is -2.15. The normalized spacial score (nSPS) is 12.1. The molecule has 0 bridgehead atoms. The van der Waals surface area contributed by atoms with Gasteiger partial charge in [-0.15, -0.1) is 11.3 Å². The number of nitrogens with one attached hydrogen (secondary N) is 1. The Bertz CT molecular complexity index is 591. The molecule has 0 radical (unpaired) electrons. The van der Waals surface area contributed by atoms with Crippen molar-refractivity contribution >= 4 is 29.0 Å². The van der Waals surface area contributed by atoms with Crippen molar-refractivity contribution in [3.8, 4) is 0 Å². The molecule has 0 saturated carbocycles. The highest BCUT2D eigenvalue weighted by Crippen LogP contribution is 2.28. The predicted octanol–water partition coefficient (Wildman–Crippen LogP) is 2.63. The number of thiophene rings is 1. The van der Waals surface area contributed by atoms with E-state index in [4.69, 9.17) is 9.63 Å². The molecule has 0 aliphatic rings. The fourth-order valence-electron chi connectivity index (χ4n) is 1.85. The van der Waals surface area contributed by atoms with Crippen molar-refractivity contribution in [1.82, 2.24) is 5.16 Å². The molecule has 0 aliphatic carbocycles. The van der Waals surface area contributed by atoms with Crippen LogP contribution in [-0.2, 0) is 9.59 Å².